The summed E-state index contributed by atoms with van der Waals surface area (Å²) in [6, 6.07) is 16.1. The fourth-order valence-corrected chi connectivity index (χ4v) is 3.33. The van der Waals surface area contributed by atoms with Crippen LogP contribution in [0.5, 0.6) is 5.75 Å². The molecule has 0 saturated heterocycles. The van der Waals surface area contributed by atoms with E-state index >= 15 is 0 Å². The molecule has 1 aromatic heterocycles. The summed E-state index contributed by atoms with van der Waals surface area (Å²) < 4.78 is 5.93. The van der Waals surface area contributed by atoms with Gasteiger partial charge in [0.25, 0.3) is 0 Å². The van der Waals surface area contributed by atoms with Crippen molar-refractivity contribution >= 4 is 11.8 Å². The number of hydrogen-bond donors (Lipinski definition) is 1. The summed E-state index contributed by atoms with van der Waals surface area (Å²) >= 11 is 0. The van der Waals surface area contributed by atoms with E-state index in [4.69, 9.17) is 9.84 Å². The molecule has 2 heterocycles. The van der Waals surface area contributed by atoms with Crippen LogP contribution in [0.25, 0.3) is 11.1 Å². The number of fused-ring (bicyclic) bond motifs is 1. The third-order valence-electron chi connectivity index (χ3n) is 4.83. The Kier molecular flexibility index (Phi) is 5.33. The molecule has 1 aliphatic heterocycles. The summed E-state index contributed by atoms with van der Waals surface area (Å²) in [5, 5.41) is 20.4. The third kappa shape index (κ3) is 4.48. The Labute approximate surface area is 167 Å². The van der Waals surface area contributed by atoms with Gasteiger partial charge in [0.15, 0.2) is 17.7 Å². The Hall–Kier alpha value is -3.55. The summed E-state index contributed by atoms with van der Waals surface area (Å²) in [4.78, 5) is 24.4. The van der Waals surface area contributed by atoms with Gasteiger partial charge in [-0.3, -0.25) is 9.59 Å². The van der Waals surface area contributed by atoms with Crippen molar-refractivity contribution in [2.24, 2.45) is 0 Å². The van der Waals surface area contributed by atoms with Gasteiger partial charge in [0.05, 0.1) is 6.42 Å². The van der Waals surface area contributed by atoms with E-state index in [0.29, 0.717) is 12.2 Å². The second kappa shape index (κ2) is 8.22. The van der Waals surface area contributed by atoms with Crippen LogP contribution in [0.3, 0.4) is 0 Å². The van der Waals surface area contributed by atoms with Crippen LogP contribution < -0.4 is 4.74 Å². The van der Waals surface area contributed by atoms with E-state index in [-0.39, 0.29) is 25.2 Å². The maximum absolute atomic E-state index is 12.6. The topological polar surface area (TPSA) is 107 Å². The lowest BCUT2D eigenvalue weighted by atomic mass is 9.96. The molecule has 1 unspecified atom stereocenters. The molecule has 8 heteroatoms. The molecule has 1 atom stereocenters. The van der Waals surface area contributed by atoms with Gasteiger partial charge in [-0.2, -0.15) is 4.80 Å². The molecule has 4 rings (SSSR count). The van der Waals surface area contributed by atoms with Gasteiger partial charge in [-0.15, -0.1) is 10.2 Å². The highest BCUT2D eigenvalue weighted by molar-refractivity contribution is 5.83. The van der Waals surface area contributed by atoms with Crippen LogP contribution in [0.15, 0.2) is 48.5 Å². The van der Waals surface area contributed by atoms with Crippen LogP contribution >= 0.6 is 0 Å². The summed E-state index contributed by atoms with van der Waals surface area (Å²) in [6.07, 6.45) is 0.887. The fourth-order valence-electron chi connectivity index (χ4n) is 3.33. The van der Waals surface area contributed by atoms with Crippen molar-refractivity contribution in [1.29, 1.82) is 0 Å². The molecule has 148 valence electrons. The lowest BCUT2D eigenvalue weighted by Gasteiger charge is -2.25. The van der Waals surface area contributed by atoms with Crippen molar-refractivity contribution < 1.29 is 19.4 Å². The number of Topliss-reactive ketones (excluding diaryl/α,β-unsaturated/α-hetero) is 1. The molecular formula is C21H20N4O4. The standard InChI is InChI=1S/C21H20N4O4/c26-17(13-25-23-20(22-24-25)10-11-21(27)28)19-9-7-16-12-15(6-8-18(16)29-19)14-4-2-1-3-5-14/h1-6,8,12,19H,7,9-11,13H2,(H,27,28). The number of carbonyl (C=O) groups excluding carboxylic acids is 1. The van der Waals surface area contributed by atoms with Gasteiger partial charge in [0.2, 0.25) is 0 Å². The highest BCUT2D eigenvalue weighted by Gasteiger charge is 2.27. The SMILES string of the molecule is O=C(O)CCc1nnn(CC(=O)C2CCc3cc(-c4ccccc4)ccc3O2)n1. The molecule has 8 nitrogen and oxygen atoms in total. The van der Waals surface area contributed by atoms with Crippen LogP contribution in [0.1, 0.15) is 24.2 Å². The van der Waals surface area contributed by atoms with Gasteiger partial charge in [-0.05, 0) is 46.9 Å². The molecule has 0 fully saturated rings. The second-order valence-corrected chi connectivity index (χ2v) is 6.93. The Morgan fingerprint density at radius 2 is 1.97 bits per heavy atom. The van der Waals surface area contributed by atoms with Crippen molar-refractivity contribution in [2.75, 3.05) is 0 Å². The van der Waals surface area contributed by atoms with E-state index < -0.39 is 12.1 Å². The Morgan fingerprint density at radius 1 is 1.14 bits per heavy atom. The van der Waals surface area contributed by atoms with Crippen molar-refractivity contribution in [2.45, 2.75) is 38.3 Å². The maximum atomic E-state index is 12.6. The average molecular weight is 392 g/mol. The first-order valence-electron chi connectivity index (χ1n) is 9.44. The minimum Gasteiger partial charge on any atom is -0.482 e. The number of nitrogens with zero attached hydrogens (tertiary/aromatic N) is 4. The molecule has 0 amide bonds. The van der Waals surface area contributed by atoms with Gasteiger partial charge in [0.1, 0.15) is 12.3 Å². The zero-order chi connectivity index (χ0) is 20.2. The number of aryl methyl sites for hydroxylation is 2. The zero-order valence-corrected chi connectivity index (χ0v) is 15.7. The molecule has 1 N–H and O–H groups in total. The van der Waals surface area contributed by atoms with Gasteiger partial charge in [0, 0.05) is 6.42 Å². The first-order chi connectivity index (χ1) is 14.1. The summed E-state index contributed by atoms with van der Waals surface area (Å²) in [5.41, 5.74) is 3.35. The van der Waals surface area contributed by atoms with E-state index in [2.05, 4.69) is 33.6 Å². The number of ether oxygens (including phenoxy) is 1. The maximum Gasteiger partial charge on any atom is 0.303 e. The highest BCUT2D eigenvalue weighted by atomic mass is 16.5. The summed E-state index contributed by atoms with van der Waals surface area (Å²) in [5.74, 6) is -0.0291. The summed E-state index contributed by atoms with van der Waals surface area (Å²) in [6.45, 7) is -0.0534. The van der Waals surface area contributed by atoms with E-state index in [1.807, 2.05) is 30.3 Å². The van der Waals surface area contributed by atoms with Crippen molar-refractivity contribution in [3.8, 4) is 16.9 Å². The molecule has 1 aliphatic rings. The first-order valence-corrected chi connectivity index (χ1v) is 9.44. The van der Waals surface area contributed by atoms with E-state index in [1.165, 1.54) is 4.80 Å². The van der Waals surface area contributed by atoms with Crippen LogP contribution in [0.4, 0.5) is 0 Å². The van der Waals surface area contributed by atoms with Crippen LogP contribution in [-0.4, -0.2) is 43.2 Å². The molecule has 0 spiro atoms. The Bertz CT molecular complexity index is 1030. The third-order valence-corrected chi connectivity index (χ3v) is 4.83. The molecule has 29 heavy (non-hydrogen) atoms. The number of aromatic nitrogens is 4. The van der Waals surface area contributed by atoms with E-state index in [1.54, 1.807) is 0 Å². The number of hydrogen-bond acceptors (Lipinski definition) is 6. The van der Waals surface area contributed by atoms with Crippen LogP contribution in [0, 0.1) is 0 Å². The molecule has 0 radical (unpaired) electrons. The normalized spacial score (nSPS) is 15.4. The first kappa shape index (κ1) is 18.8. The molecule has 0 saturated carbocycles. The monoisotopic (exact) mass is 392 g/mol. The molecule has 3 aromatic rings. The number of ketones is 1. The van der Waals surface area contributed by atoms with E-state index in [9.17, 15) is 9.59 Å². The quantitative estimate of drug-likeness (QED) is 0.657. The number of aliphatic carboxylic acids is 1. The number of carboxylic acid groups (broad SMARTS) is 1. The zero-order valence-electron chi connectivity index (χ0n) is 15.7. The molecule has 2 aromatic carbocycles. The van der Waals surface area contributed by atoms with Crippen molar-refractivity contribution in [3.05, 3.63) is 59.9 Å². The number of carbonyl (C=O) groups is 2. The van der Waals surface area contributed by atoms with Crippen molar-refractivity contribution in [1.82, 2.24) is 20.2 Å². The number of benzene rings is 2. The minimum absolute atomic E-state index is 0.0534. The fraction of sp³-hybridized carbons (Fsp3) is 0.286. The molecule has 0 bridgehead atoms. The summed E-state index contributed by atoms with van der Waals surface area (Å²) in [7, 11) is 0. The number of rotatable bonds is 7. The Balaban J connectivity index is 1.39. The Morgan fingerprint density at radius 3 is 2.76 bits per heavy atom. The lowest BCUT2D eigenvalue weighted by Crippen LogP contribution is -2.34. The van der Waals surface area contributed by atoms with Crippen molar-refractivity contribution in [3.63, 3.8) is 0 Å². The predicted octanol–water partition coefficient (Wildman–Crippen LogP) is 2.32. The predicted molar refractivity (Wildman–Crippen MR) is 103 cm³/mol. The molecule has 0 aliphatic carbocycles. The largest absolute Gasteiger partial charge is 0.482 e. The van der Waals surface area contributed by atoms with Gasteiger partial charge >= 0.3 is 5.97 Å². The molecular weight excluding hydrogens is 372 g/mol. The smallest absolute Gasteiger partial charge is 0.303 e. The lowest BCUT2D eigenvalue weighted by molar-refractivity contribution is -0.137. The second-order valence-electron chi connectivity index (χ2n) is 6.93. The minimum atomic E-state index is -0.929. The van der Waals surface area contributed by atoms with Crippen LogP contribution in [-0.2, 0) is 29.0 Å². The number of carboxylic acids is 1. The van der Waals surface area contributed by atoms with Crippen LogP contribution in [0.2, 0.25) is 0 Å². The number of tetrazole rings is 1. The van der Waals surface area contributed by atoms with E-state index in [0.717, 1.165) is 28.9 Å². The van der Waals surface area contributed by atoms with Gasteiger partial charge in [-0.25, -0.2) is 0 Å². The highest BCUT2D eigenvalue weighted by Crippen LogP contribution is 2.32. The average Bonchev–Trinajstić information content (AvgIpc) is 3.19. The van der Waals surface area contributed by atoms with Gasteiger partial charge in [-0.1, -0.05) is 36.4 Å². The van der Waals surface area contributed by atoms with Gasteiger partial charge < -0.3 is 9.84 Å².